The SMILES string of the molecule is O=C(c1ccccc1)c1c(-c2ccc(Cl)cc2)noc1S(=O)(=O)c1ccccc1. The molecular formula is C22H14ClNO4S. The molecular weight excluding hydrogens is 410 g/mol. The summed E-state index contributed by atoms with van der Waals surface area (Å²) in [7, 11) is -4.09. The summed E-state index contributed by atoms with van der Waals surface area (Å²) in [6.07, 6.45) is 0. The second kappa shape index (κ2) is 7.66. The van der Waals surface area contributed by atoms with E-state index in [1.54, 1.807) is 72.8 Å². The van der Waals surface area contributed by atoms with Gasteiger partial charge in [-0.15, -0.1) is 0 Å². The van der Waals surface area contributed by atoms with Gasteiger partial charge in [0.05, 0.1) is 4.90 Å². The summed E-state index contributed by atoms with van der Waals surface area (Å²) in [6.45, 7) is 0. The Hall–Kier alpha value is -3.22. The minimum absolute atomic E-state index is 0.0147. The van der Waals surface area contributed by atoms with Crippen LogP contribution >= 0.6 is 11.6 Å². The highest BCUT2D eigenvalue weighted by Crippen LogP contribution is 2.34. The number of benzene rings is 3. The van der Waals surface area contributed by atoms with Gasteiger partial charge in [-0.25, -0.2) is 8.42 Å². The molecule has 0 fully saturated rings. The van der Waals surface area contributed by atoms with E-state index in [2.05, 4.69) is 5.16 Å². The molecule has 0 saturated carbocycles. The number of sulfone groups is 1. The first kappa shape index (κ1) is 19.1. The zero-order valence-corrected chi connectivity index (χ0v) is 16.5. The minimum Gasteiger partial charge on any atom is -0.343 e. The lowest BCUT2D eigenvalue weighted by Gasteiger charge is -2.06. The molecule has 1 aromatic heterocycles. The molecule has 0 bridgehead atoms. The van der Waals surface area contributed by atoms with E-state index >= 15 is 0 Å². The smallest absolute Gasteiger partial charge is 0.267 e. The van der Waals surface area contributed by atoms with Crippen LogP contribution in [0, 0.1) is 0 Å². The van der Waals surface area contributed by atoms with Crippen molar-refractivity contribution in [2.45, 2.75) is 9.99 Å². The molecule has 4 rings (SSSR count). The quantitative estimate of drug-likeness (QED) is 0.419. The number of carbonyl (C=O) groups is 1. The van der Waals surface area contributed by atoms with E-state index in [4.69, 9.17) is 16.1 Å². The molecule has 0 spiro atoms. The molecule has 29 heavy (non-hydrogen) atoms. The highest BCUT2D eigenvalue weighted by atomic mass is 35.5. The number of nitrogens with zero attached hydrogens (tertiary/aromatic N) is 1. The molecule has 4 aromatic rings. The summed E-state index contributed by atoms with van der Waals surface area (Å²) in [5.41, 5.74) is 0.884. The fourth-order valence-electron chi connectivity index (χ4n) is 2.90. The van der Waals surface area contributed by atoms with Crippen LogP contribution in [-0.4, -0.2) is 19.4 Å². The zero-order valence-electron chi connectivity index (χ0n) is 14.9. The molecule has 3 aromatic carbocycles. The lowest BCUT2D eigenvalue weighted by atomic mass is 10.0. The summed E-state index contributed by atoms with van der Waals surface area (Å²) >= 11 is 5.95. The first-order chi connectivity index (χ1) is 14.0. The number of rotatable bonds is 5. The highest BCUT2D eigenvalue weighted by Gasteiger charge is 2.34. The van der Waals surface area contributed by atoms with E-state index in [0.717, 1.165) is 0 Å². The van der Waals surface area contributed by atoms with Crippen molar-refractivity contribution < 1.29 is 17.7 Å². The number of hydrogen-bond acceptors (Lipinski definition) is 5. The Labute approximate surface area is 172 Å². The van der Waals surface area contributed by atoms with Crippen molar-refractivity contribution in [2.75, 3.05) is 0 Å². The first-order valence-corrected chi connectivity index (χ1v) is 10.5. The molecule has 0 N–H and O–H groups in total. The zero-order chi connectivity index (χ0) is 20.4. The third kappa shape index (κ3) is 3.60. The normalized spacial score (nSPS) is 11.3. The van der Waals surface area contributed by atoms with Crippen LogP contribution < -0.4 is 0 Å². The number of halogens is 1. The van der Waals surface area contributed by atoms with Crippen molar-refractivity contribution in [1.82, 2.24) is 5.16 Å². The maximum absolute atomic E-state index is 13.3. The van der Waals surface area contributed by atoms with E-state index in [-0.39, 0.29) is 16.2 Å². The van der Waals surface area contributed by atoms with E-state index in [0.29, 0.717) is 16.1 Å². The van der Waals surface area contributed by atoms with Crippen LogP contribution in [0.5, 0.6) is 0 Å². The Balaban J connectivity index is 1.95. The molecule has 0 saturated heterocycles. The summed E-state index contributed by atoms with van der Waals surface area (Å²) in [4.78, 5) is 13.3. The molecule has 0 aliphatic rings. The predicted molar refractivity (Wildman–Crippen MR) is 109 cm³/mol. The molecule has 0 amide bonds. The van der Waals surface area contributed by atoms with Crippen molar-refractivity contribution in [3.05, 3.63) is 101 Å². The van der Waals surface area contributed by atoms with Crippen molar-refractivity contribution in [3.8, 4) is 11.3 Å². The van der Waals surface area contributed by atoms with Gasteiger partial charge in [-0.2, -0.15) is 0 Å². The van der Waals surface area contributed by atoms with Crippen LogP contribution in [-0.2, 0) is 9.84 Å². The third-order valence-corrected chi connectivity index (χ3v) is 6.25. The number of aromatic nitrogens is 1. The Morgan fingerprint density at radius 1 is 0.828 bits per heavy atom. The van der Waals surface area contributed by atoms with Crippen LogP contribution in [0.2, 0.25) is 5.02 Å². The molecule has 0 atom stereocenters. The van der Waals surface area contributed by atoms with Gasteiger partial charge in [-0.1, -0.05) is 77.4 Å². The lowest BCUT2D eigenvalue weighted by molar-refractivity contribution is 0.103. The van der Waals surface area contributed by atoms with Crippen LogP contribution in [0.25, 0.3) is 11.3 Å². The van der Waals surface area contributed by atoms with E-state index in [1.165, 1.54) is 12.1 Å². The summed E-state index contributed by atoms with van der Waals surface area (Å²) in [6, 6.07) is 22.8. The Bertz CT molecular complexity index is 1270. The van der Waals surface area contributed by atoms with Gasteiger partial charge in [0.2, 0.25) is 9.84 Å². The highest BCUT2D eigenvalue weighted by molar-refractivity contribution is 7.91. The van der Waals surface area contributed by atoms with Gasteiger partial charge in [0.25, 0.3) is 5.09 Å². The van der Waals surface area contributed by atoms with Gasteiger partial charge >= 0.3 is 0 Å². The Morgan fingerprint density at radius 2 is 1.41 bits per heavy atom. The number of hydrogen-bond donors (Lipinski definition) is 0. The number of carbonyl (C=O) groups excluding carboxylic acids is 1. The van der Waals surface area contributed by atoms with E-state index < -0.39 is 20.7 Å². The second-order valence-electron chi connectivity index (χ2n) is 6.21. The molecule has 1 heterocycles. The predicted octanol–water partition coefficient (Wildman–Crippen LogP) is 5.06. The van der Waals surface area contributed by atoms with Crippen LogP contribution in [0.1, 0.15) is 15.9 Å². The molecule has 7 heteroatoms. The van der Waals surface area contributed by atoms with Gasteiger partial charge in [0.1, 0.15) is 11.3 Å². The van der Waals surface area contributed by atoms with Crippen molar-refractivity contribution >= 4 is 27.2 Å². The molecule has 0 aliphatic heterocycles. The number of ketones is 1. The largest absolute Gasteiger partial charge is 0.343 e. The fraction of sp³-hybridized carbons (Fsp3) is 0. The monoisotopic (exact) mass is 423 g/mol. The standard InChI is InChI=1S/C22H14ClNO4S/c23-17-13-11-15(12-14-17)20-19(21(25)16-7-3-1-4-8-16)22(28-24-20)29(26,27)18-9-5-2-6-10-18/h1-14H. The van der Waals surface area contributed by atoms with Gasteiger partial charge in [-0.3, -0.25) is 4.79 Å². The second-order valence-corrected chi connectivity index (χ2v) is 8.50. The fourth-order valence-corrected chi connectivity index (χ4v) is 4.35. The van der Waals surface area contributed by atoms with Crippen LogP contribution in [0.4, 0.5) is 0 Å². The Morgan fingerprint density at radius 3 is 2.03 bits per heavy atom. The average Bonchev–Trinajstić information content (AvgIpc) is 3.21. The molecule has 0 radical (unpaired) electrons. The molecule has 144 valence electrons. The van der Waals surface area contributed by atoms with Gasteiger partial charge in [-0.05, 0) is 24.3 Å². The molecule has 0 aliphatic carbocycles. The van der Waals surface area contributed by atoms with Crippen molar-refractivity contribution in [2.24, 2.45) is 0 Å². The summed E-state index contributed by atoms with van der Waals surface area (Å²) in [5, 5.41) is 3.96. The lowest BCUT2D eigenvalue weighted by Crippen LogP contribution is -2.10. The van der Waals surface area contributed by atoms with Gasteiger partial charge in [0, 0.05) is 16.1 Å². The topological polar surface area (TPSA) is 77.2 Å². The molecule has 0 unspecified atom stereocenters. The maximum atomic E-state index is 13.3. The summed E-state index contributed by atoms with van der Waals surface area (Å²) in [5.74, 6) is -0.494. The van der Waals surface area contributed by atoms with E-state index in [9.17, 15) is 13.2 Å². The average molecular weight is 424 g/mol. The van der Waals surface area contributed by atoms with Crippen molar-refractivity contribution in [3.63, 3.8) is 0 Å². The maximum Gasteiger partial charge on any atom is 0.267 e. The van der Waals surface area contributed by atoms with Crippen molar-refractivity contribution in [1.29, 1.82) is 0 Å². The minimum atomic E-state index is -4.09. The van der Waals surface area contributed by atoms with Crippen LogP contribution in [0.15, 0.2) is 99.4 Å². The third-order valence-electron chi connectivity index (χ3n) is 4.34. The summed E-state index contributed by atoms with van der Waals surface area (Å²) < 4.78 is 31.6. The molecule has 5 nitrogen and oxygen atoms in total. The first-order valence-electron chi connectivity index (χ1n) is 8.64. The van der Waals surface area contributed by atoms with Crippen LogP contribution in [0.3, 0.4) is 0 Å². The van der Waals surface area contributed by atoms with Gasteiger partial charge < -0.3 is 4.52 Å². The van der Waals surface area contributed by atoms with Gasteiger partial charge in [0.15, 0.2) is 5.78 Å². The Kier molecular flexibility index (Phi) is 5.05. The van der Waals surface area contributed by atoms with E-state index in [1.807, 2.05) is 0 Å².